The fraction of sp³-hybridized carbons (Fsp3) is 0.789. The maximum atomic E-state index is 10.9. The number of rotatable bonds is 0. The number of hydrogen-bond donors (Lipinski definition) is 3. The van der Waals surface area contributed by atoms with Gasteiger partial charge in [0.25, 0.3) is 0 Å². The van der Waals surface area contributed by atoms with Gasteiger partial charge in [0.15, 0.2) is 0 Å². The summed E-state index contributed by atoms with van der Waals surface area (Å²) < 4.78 is 0. The Labute approximate surface area is 133 Å². The van der Waals surface area contributed by atoms with Crippen molar-refractivity contribution in [1.29, 1.82) is 0 Å². The molecule has 0 aromatic carbocycles. The smallest absolute Gasteiger partial charge is 0.0944 e. The number of fused-ring (bicyclic) bond motifs is 5. The van der Waals surface area contributed by atoms with Crippen LogP contribution in [-0.2, 0) is 0 Å². The lowest BCUT2D eigenvalue weighted by Crippen LogP contribution is -2.57. The summed E-state index contributed by atoms with van der Waals surface area (Å²) >= 11 is 0. The van der Waals surface area contributed by atoms with E-state index in [4.69, 9.17) is 5.73 Å². The van der Waals surface area contributed by atoms with Crippen LogP contribution in [0.5, 0.6) is 0 Å². The summed E-state index contributed by atoms with van der Waals surface area (Å²) in [6.45, 7) is 4.63. The van der Waals surface area contributed by atoms with Gasteiger partial charge in [-0.25, -0.2) is 0 Å². The zero-order valence-electron chi connectivity index (χ0n) is 13.8. The van der Waals surface area contributed by atoms with Crippen LogP contribution >= 0.6 is 0 Å². The highest BCUT2D eigenvalue weighted by Gasteiger charge is 2.60. The first-order chi connectivity index (χ1) is 10.4. The summed E-state index contributed by atoms with van der Waals surface area (Å²) in [5, 5.41) is 21.3. The first-order valence-electron chi connectivity index (χ1n) is 8.90. The predicted octanol–water partition coefficient (Wildman–Crippen LogP) is 3.50. The van der Waals surface area contributed by atoms with Crippen LogP contribution in [0.2, 0.25) is 0 Å². The molecule has 0 aromatic rings. The number of aliphatic hydroxyl groups is 2. The molecule has 0 amide bonds. The van der Waals surface area contributed by atoms with Crippen LogP contribution in [-0.4, -0.2) is 16.3 Å². The molecule has 0 aliphatic heterocycles. The van der Waals surface area contributed by atoms with Crippen molar-refractivity contribution < 1.29 is 10.2 Å². The molecule has 0 unspecified atom stereocenters. The summed E-state index contributed by atoms with van der Waals surface area (Å²) in [5.74, 6) is 2.28. The Kier molecular flexibility index (Phi) is 3.01. The van der Waals surface area contributed by atoms with E-state index >= 15 is 0 Å². The molecular weight excluding hydrogens is 274 g/mol. The number of aliphatic hydroxyl groups excluding tert-OH is 2. The van der Waals surface area contributed by atoms with Gasteiger partial charge >= 0.3 is 0 Å². The topological polar surface area (TPSA) is 66.5 Å². The van der Waals surface area contributed by atoms with Crippen LogP contribution in [0, 0.1) is 34.5 Å². The molecule has 0 aromatic heterocycles. The number of allylic oxidation sites excluding steroid dienone is 4. The lowest BCUT2D eigenvalue weighted by Gasteiger charge is -2.60. The first-order valence-corrected chi connectivity index (χ1v) is 8.90. The molecule has 7 atom stereocenters. The molecule has 0 spiro atoms. The van der Waals surface area contributed by atoms with Crippen molar-refractivity contribution in [2.24, 2.45) is 40.2 Å². The Morgan fingerprint density at radius 2 is 2.00 bits per heavy atom. The Balaban J connectivity index is 1.71. The quantitative estimate of drug-likeness (QED) is 0.641. The van der Waals surface area contributed by atoms with Gasteiger partial charge < -0.3 is 15.9 Å². The van der Waals surface area contributed by atoms with Gasteiger partial charge in [-0.1, -0.05) is 19.9 Å². The molecule has 22 heavy (non-hydrogen) atoms. The first kappa shape index (κ1) is 14.6. The van der Waals surface area contributed by atoms with E-state index in [9.17, 15) is 10.2 Å². The van der Waals surface area contributed by atoms with Crippen LogP contribution in [0.15, 0.2) is 23.6 Å². The second-order valence-electron chi connectivity index (χ2n) is 8.73. The van der Waals surface area contributed by atoms with Crippen LogP contribution in [0.4, 0.5) is 0 Å². The van der Waals surface area contributed by atoms with E-state index in [1.54, 1.807) is 0 Å². The molecule has 0 heterocycles. The third kappa shape index (κ3) is 1.72. The maximum Gasteiger partial charge on any atom is 0.0944 e. The summed E-state index contributed by atoms with van der Waals surface area (Å²) in [7, 11) is 0. The Bertz CT molecular complexity index is 554. The van der Waals surface area contributed by atoms with E-state index in [1.807, 2.05) is 6.08 Å². The van der Waals surface area contributed by atoms with Gasteiger partial charge in [-0.05, 0) is 73.7 Å². The monoisotopic (exact) mass is 303 g/mol. The van der Waals surface area contributed by atoms with Crippen molar-refractivity contribution in [3.63, 3.8) is 0 Å². The van der Waals surface area contributed by atoms with Gasteiger partial charge in [-0.2, -0.15) is 0 Å². The zero-order valence-corrected chi connectivity index (χ0v) is 13.8. The highest BCUT2D eigenvalue weighted by molar-refractivity contribution is 5.23. The molecule has 122 valence electrons. The van der Waals surface area contributed by atoms with Crippen molar-refractivity contribution in [3.05, 3.63) is 23.6 Å². The fourth-order valence-electron chi connectivity index (χ4n) is 6.40. The molecular formula is C19H29NO2. The van der Waals surface area contributed by atoms with Gasteiger partial charge in [0.05, 0.1) is 11.9 Å². The van der Waals surface area contributed by atoms with Crippen LogP contribution in [0.1, 0.15) is 52.4 Å². The van der Waals surface area contributed by atoms with E-state index in [-0.39, 0.29) is 16.9 Å². The van der Waals surface area contributed by atoms with E-state index in [0.717, 1.165) is 44.2 Å². The highest BCUT2D eigenvalue weighted by atomic mass is 16.3. The van der Waals surface area contributed by atoms with E-state index < -0.39 is 0 Å². The van der Waals surface area contributed by atoms with Crippen molar-refractivity contribution in [2.75, 3.05) is 0 Å². The third-order valence-corrected chi connectivity index (χ3v) is 7.87. The van der Waals surface area contributed by atoms with E-state index in [2.05, 4.69) is 19.9 Å². The van der Waals surface area contributed by atoms with Crippen molar-refractivity contribution in [2.45, 2.75) is 58.5 Å². The molecule has 0 saturated heterocycles. The Hall–Kier alpha value is -0.960. The minimum Gasteiger partial charge on any atom is -0.512 e. The molecule has 0 radical (unpaired) electrons. The van der Waals surface area contributed by atoms with E-state index in [0.29, 0.717) is 29.4 Å². The average Bonchev–Trinajstić information content (AvgIpc) is 2.77. The highest BCUT2D eigenvalue weighted by Crippen LogP contribution is 2.65. The molecule has 3 heteroatoms. The van der Waals surface area contributed by atoms with E-state index in [1.165, 1.54) is 0 Å². The third-order valence-electron chi connectivity index (χ3n) is 7.87. The van der Waals surface area contributed by atoms with Gasteiger partial charge in [0, 0.05) is 11.1 Å². The lowest BCUT2D eigenvalue weighted by atomic mass is 9.45. The number of hydrogen-bond acceptors (Lipinski definition) is 3. The molecule has 0 bridgehead atoms. The van der Waals surface area contributed by atoms with Gasteiger partial charge in [-0.3, -0.25) is 0 Å². The molecule has 4 rings (SSSR count). The minimum absolute atomic E-state index is 0.102. The summed E-state index contributed by atoms with van der Waals surface area (Å²) in [5.41, 5.74) is 7.25. The van der Waals surface area contributed by atoms with Crippen LogP contribution in [0.25, 0.3) is 0 Å². The Morgan fingerprint density at radius 1 is 1.23 bits per heavy atom. The van der Waals surface area contributed by atoms with Crippen molar-refractivity contribution in [3.8, 4) is 0 Å². The lowest BCUT2D eigenvalue weighted by molar-refractivity contribution is -0.141. The Morgan fingerprint density at radius 3 is 2.77 bits per heavy atom. The molecule has 4 aliphatic carbocycles. The van der Waals surface area contributed by atoms with Crippen molar-refractivity contribution in [1.82, 2.24) is 0 Å². The normalized spacial score (nSPS) is 53.9. The van der Waals surface area contributed by atoms with Gasteiger partial charge in [0.1, 0.15) is 0 Å². The summed E-state index contributed by atoms with van der Waals surface area (Å²) in [4.78, 5) is 0. The summed E-state index contributed by atoms with van der Waals surface area (Å²) in [6, 6.07) is 0. The molecule has 2 fully saturated rings. The number of nitrogens with two attached hydrogens (primary N) is 1. The molecule has 4 aliphatic rings. The summed E-state index contributed by atoms with van der Waals surface area (Å²) in [6.07, 6.45) is 10.1. The van der Waals surface area contributed by atoms with Crippen LogP contribution < -0.4 is 5.73 Å². The minimum atomic E-state index is -0.255. The predicted molar refractivity (Wildman–Crippen MR) is 86.9 cm³/mol. The molecule has 3 nitrogen and oxygen atoms in total. The molecule has 2 saturated carbocycles. The average molecular weight is 303 g/mol. The van der Waals surface area contributed by atoms with Crippen molar-refractivity contribution >= 4 is 0 Å². The SMILES string of the molecule is C[C@]12CCC(N)=C[C@H]1C[C@H](O)[C@@H]1[C@@H]2CC[C@]2(C)C(O)=CC[C@@H]12. The van der Waals surface area contributed by atoms with Gasteiger partial charge in [0.2, 0.25) is 0 Å². The molecule has 4 N–H and O–H groups in total. The second kappa shape index (κ2) is 4.53. The largest absolute Gasteiger partial charge is 0.512 e. The fourth-order valence-corrected chi connectivity index (χ4v) is 6.40. The maximum absolute atomic E-state index is 10.9. The zero-order chi connectivity index (χ0) is 15.7. The van der Waals surface area contributed by atoms with Crippen LogP contribution in [0.3, 0.4) is 0 Å². The second-order valence-corrected chi connectivity index (χ2v) is 8.73. The standard InChI is InChI=1S/C19H29NO2/c1-18-7-5-12(20)9-11(18)10-15(21)17-13-3-4-16(22)19(13,2)8-6-14(17)18/h4,9,11,13-15,17,21-22H,3,5-8,10,20H2,1-2H3/t11-,13-,14-,15-,17-,18-,19-/m0/s1. The van der Waals surface area contributed by atoms with Gasteiger partial charge in [-0.15, -0.1) is 0 Å².